The molecule has 1 N–H and O–H groups in total. The highest BCUT2D eigenvalue weighted by Gasteiger charge is 2.53. The maximum absolute atomic E-state index is 12.4. The maximum atomic E-state index is 12.4. The zero-order valence-corrected chi connectivity index (χ0v) is 10.6. The lowest BCUT2D eigenvalue weighted by Gasteiger charge is -2.24. The Balaban J connectivity index is 1.68. The van der Waals surface area contributed by atoms with E-state index in [2.05, 4.69) is 0 Å². The monoisotopic (exact) mass is 275 g/mol. The lowest BCUT2D eigenvalue weighted by atomic mass is 10.1. The molecule has 6 nitrogen and oxygen atoms in total. The molecule has 0 aromatic heterocycles. The molecule has 0 radical (unpaired) electrons. The van der Waals surface area contributed by atoms with Crippen LogP contribution in [-0.4, -0.2) is 59.4 Å². The smallest absolute Gasteiger partial charge is 0.261 e. The number of amides is 2. The van der Waals surface area contributed by atoms with E-state index in [1.807, 2.05) is 0 Å². The largest absolute Gasteiger partial charge is 0.388 e. The number of hydrogen-bond donors (Lipinski definition) is 1. The summed E-state index contributed by atoms with van der Waals surface area (Å²) in [6.07, 6.45) is -1.59. The molecule has 6 heteroatoms. The van der Waals surface area contributed by atoms with E-state index in [0.717, 1.165) is 0 Å². The van der Waals surface area contributed by atoms with Gasteiger partial charge in [-0.15, -0.1) is 0 Å². The number of aliphatic hydroxyl groups excluding tert-OH is 1. The van der Waals surface area contributed by atoms with Gasteiger partial charge in [0.15, 0.2) is 0 Å². The Morgan fingerprint density at radius 1 is 1.00 bits per heavy atom. The predicted octanol–water partition coefficient (Wildman–Crippen LogP) is -0.190. The highest BCUT2D eigenvalue weighted by molar-refractivity contribution is 6.21. The van der Waals surface area contributed by atoms with Crippen LogP contribution in [0.15, 0.2) is 24.3 Å². The summed E-state index contributed by atoms with van der Waals surface area (Å²) < 4.78 is 11.0. The van der Waals surface area contributed by atoms with Crippen molar-refractivity contribution < 1.29 is 24.2 Å². The summed E-state index contributed by atoms with van der Waals surface area (Å²) >= 11 is 0. The highest BCUT2D eigenvalue weighted by atomic mass is 16.6. The Morgan fingerprint density at radius 3 is 2.25 bits per heavy atom. The fourth-order valence-corrected chi connectivity index (χ4v) is 3.19. The number of nitrogens with zero attached hydrogens (tertiary/aromatic N) is 1. The van der Waals surface area contributed by atoms with Crippen LogP contribution in [0.5, 0.6) is 0 Å². The van der Waals surface area contributed by atoms with Gasteiger partial charge in [0.25, 0.3) is 11.8 Å². The summed E-state index contributed by atoms with van der Waals surface area (Å²) in [4.78, 5) is 26.0. The van der Waals surface area contributed by atoms with Gasteiger partial charge in [0.05, 0.1) is 30.4 Å². The topological polar surface area (TPSA) is 76.1 Å². The van der Waals surface area contributed by atoms with E-state index in [1.54, 1.807) is 24.3 Å². The van der Waals surface area contributed by atoms with Crippen LogP contribution < -0.4 is 0 Å². The van der Waals surface area contributed by atoms with Gasteiger partial charge < -0.3 is 14.6 Å². The maximum Gasteiger partial charge on any atom is 0.261 e. The number of ether oxygens (including phenoxy) is 2. The number of fused-ring (bicyclic) bond motifs is 2. The summed E-state index contributed by atoms with van der Waals surface area (Å²) in [5, 5.41) is 9.73. The van der Waals surface area contributed by atoms with Crippen molar-refractivity contribution in [3.63, 3.8) is 0 Å². The van der Waals surface area contributed by atoms with Crippen molar-refractivity contribution in [1.82, 2.24) is 4.90 Å². The van der Waals surface area contributed by atoms with Gasteiger partial charge in [0, 0.05) is 0 Å². The summed E-state index contributed by atoms with van der Waals surface area (Å²) in [5.41, 5.74) is 0.832. The van der Waals surface area contributed by atoms with Gasteiger partial charge in [-0.1, -0.05) is 12.1 Å². The van der Waals surface area contributed by atoms with Crippen molar-refractivity contribution in [2.24, 2.45) is 0 Å². The van der Waals surface area contributed by atoms with Crippen molar-refractivity contribution in [3.05, 3.63) is 35.4 Å². The second-order valence-corrected chi connectivity index (χ2v) is 5.26. The van der Waals surface area contributed by atoms with Crippen LogP contribution in [0.4, 0.5) is 0 Å². The van der Waals surface area contributed by atoms with Gasteiger partial charge in [0.2, 0.25) is 0 Å². The molecule has 4 rings (SSSR count). The van der Waals surface area contributed by atoms with Gasteiger partial charge in [-0.05, 0) is 12.1 Å². The molecule has 3 heterocycles. The van der Waals surface area contributed by atoms with Crippen LogP contribution in [0.2, 0.25) is 0 Å². The molecule has 0 aliphatic carbocycles. The van der Waals surface area contributed by atoms with Crippen molar-refractivity contribution >= 4 is 11.8 Å². The zero-order chi connectivity index (χ0) is 13.9. The minimum absolute atomic E-state index is 0.176. The van der Waals surface area contributed by atoms with E-state index in [4.69, 9.17) is 9.47 Å². The fraction of sp³-hybridized carbons (Fsp3) is 0.429. The molecule has 1 aromatic rings. The molecule has 0 saturated carbocycles. The number of imide groups is 1. The molecule has 2 unspecified atom stereocenters. The van der Waals surface area contributed by atoms with E-state index >= 15 is 0 Å². The van der Waals surface area contributed by atoms with Gasteiger partial charge in [0.1, 0.15) is 18.3 Å². The molecular formula is C14H13NO5. The van der Waals surface area contributed by atoms with Gasteiger partial charge >= 0.3 is 0 Å². The molecule has 104 valence electrons. The van der Waals surface area contributed by atoms with E-state index in [-0.39, 0.29) is 25.0 Å². The average Bonchev–Trinajstić information content (AvgIpc) is 3.09. The third kappa shape index (κ3) is 1.44. The van der Waals surface area contributed by atoms with Crippen LogP contribution in [0.1, 0.15) is 20.7 Å². The Bertz CT molecular complexity index is 566. The molecule has 3 aliphatic heterocycles. The third-order valence-electron chi connectivity index (χ3n) is 4.16. The molecule has 1 aromatic carbocycles. The molecule has 2 amide bonds. The van der Waals surface area contributed by atoms with Gasteiger partial charge in [-0.25, -0.2) is 0 Å². The Kier molecular flexibility index (Phi) is 2.47. The molecule has 0 bridgehead atoms. The number of benzene rings is 1. The van der Waals surface area contributed by atoms with Crippen LogP contribution in [0, 0.1) is 0 Å². The lowest BCUT2D eigenvalue weighted by molar-refractivity contribution is 0.0134. The number of carbonyl (C=O) groups is 2. The summed E-state index contributed by atoms with van der Waals surface area (Å²) in [6, 6.07) is 6.29. The second kappa shape index (κ2) is 4.12. The standard InChI is InChI=1S/C14H13NO5/c16-10-6-20-11-9(5-19-12(10)11)15-13(17)7-3-1-2-4-8(7)14(15)18/h1-4,9-12,16H,5-6H2/t9-,10-,11?,12?/m0/s1. The number of hydrogen-bond acceptors (Lipinski definition) is 5. The predicted molar refractivity (Wildman–Crippen MR) is 66.2 cm³/mol. The van der Waals surface area contributed by atoms with E-state index in [1.165, 1.54) is 4.90 Å². The lowest BCUT2D eigenvalue weighted by Crippen LogP contribution is -2.47. The van der Waals surface area contributed by atoms with E-state index in [9.17, 15) is 14.7 Å². The third-order valence-corrected chi connectivity index (χ3v) is 4.16. The molecule has 2 fully saturated rings. The van der Waals surface area contributed by atoms with Crippen LogP contribution >= 0.6 is 0 Å². The first-order valence-corrected chi connectivity index (χ1v) is 6.56. The molecular weight excluding hydrogens is 262 g/mol. The number of rotatable bonds is 1. The average molecular weight is 275 g/mol. The molecule has 2 saturated heterocycles. The Labute approximate surface area is 114 Å². The first kappa shape index (κ1) is 12.0. The SMILES string of the molecule is O=C1c2ccccc2C(=O)N1[C@H]1COC2C1OC[C@@H]2O. The second-order valence-electron chi connectivity index (χ2n) is 5.26. The number of aliphatic hydroxyl groups is 1. The highest BCUT2D eigenvalue weighted by Crippen LogP contribution is 2.34. The normalized spacial score (nSPS) is 35.5. The van der Waals surface area contributed by atoms with Gasteiger partial charge in [-0.3, -0.25) is 14.5 Å². The summed E-state index contributed by atoms with van der Waals surface area (Å²) in [6.45, 7) is 0.382. The quantitative estimate of drug-likeness (QED) is 0.719. The number of carbonyl (C=O) groups excluding carboxylic acids is 2. The van der Waals surface area contributed by atoms with Crippen LogP contribution in [-0.2, 0) is 9.47 Å². The molecule has 20 heavy (non-hydrogen) atoms. The van der Waals surface area contributed by atoms with Crippen molar-refractivity contribution in [1.29, 1.82) is 0 Å². The van der Waals surface area contributed by atoms with Gasteiger partial charge in [-0.2, -0.15) is 0 Å². The van der Waals surface area contributed by atoms with Crippen molar-refractivity contribution in [3.8, 4) is 0 Å². The Hall–Kier alpha value is -1.76. The Morgan fingerprint density at radius 2 is 1.60 bits per heavy atom. The summed E-state index contributed by atoms with van der Waals surface area (Å²) in [5.74, 6) is -0.630. The minimum atomic E-state index is -0.694. The first-order chi connectivity index (χ1) is 9.68. The minimum Gasteiger partial charge on any atom is -0.388 e. The molecule has 0 spiro atoms. The molecule has 3 aliphatic rings. The van der Waals surface area contributed by atoms with Crippen molar-refractivity contribution in [2.45, 2.75) is 24.4 Å². The van der Waals surface area contributed by atoms with Crippen LogP contribution in [0.3, 0.4) is 0 Å². The molecule has 4 atom stereocenters. The first-order valence-electron chi connectivity index (χ1n) is 6.56. The fourth-order valence-electron chi connectivity index (χ4n) is 3.19. The summed E-state index contributed by atoms with van der Waals surface area (Å²) in [7, 11) is 0. The van der Waals surface area contributed by atoms with E-state index < -0.39 is 24.4 Å². The van der Waals surface area contributed by atoms with Crippen LogP contribution in [0.25, 0.3) is 0 Å². The zero-order valence-electron chi connectivity index (χ0n) is 10.6. The van der Waals surface area contributed by atoms with E-state index in [0.29, 0.717) is 11.1 Å². The van der Waals surface area contributed by atoms with Crippen molar-refractivity contribution in [2.75, 3.05) is 13.2 Å².